The van der Waals surface area contributed by atoms with Crippen molar-refractivity contribution in [2.75, 3.05) is 11.1 Å². The van der Waals surface area contributed by atoms with Crippen LogP contribution in [0.4, 0.5) is 5.69 Å². The molecule has 0 aliphatic rings. The van der Waals surface area contributed by atoms with Crippen molar-refractivity contribution in [3.8, 4) is 0 Å². The summed E-state index contributed by atoms with van der Waals surface area (Å²) in [6.07, 6.45) is 0. The average molecular weight is 318 g/mol. The minimum Gasteiger partial charge on any atom is -0.325 e. The molecule has 1 aromatic heterocycles. The van der Waals surface area contributed by atoms with Gasteiger partial charge in [-0.3, -0.25) is 4.79 Å². The summed E-state index contributed by atoms with van der Waals surface area (Å²) in [6.45, 7) is 10.1. The zero-order valence-electron chi connectivity index (χ0n) is 13.7. The normalized spacial score (nSPS) is 11.0. The molecule has 1 amide bonds. The molecule has 0 unspecified atom stereocenters. The summed E-state index contributed by atoms with van der Waals surface area (Å²) in [5.41, 5.74) is 3.11. The minimum absolute atomic E-state index is 0.0343. The summed E-state index contributed by atoms with van der Waals surface area (Å²) in [4.78, 5) is 12.1. The van der Waals surface area contributed by atoms with Gasteiger partial charge in [-0.15, -0.1) is 10.2 Å². The van der Waals surface area contributed by atoms with E-state index in [-0.39, 0.29) is 11.9 Å². The first kappa shape index (κ1) is 16.5. The number of rotatable bonds is 5. The molecule has 5 nitrogen and oxygen atoms in total. The van der Waals surface area contributed by atoms with Gasteiger partial charge in [-0.05, 0) is 46.2 Å². The highest BCUT2D eigenvalue weighted by Gasteiger charge is 2.14. The van der Waals surface area contributed by atoms with Crippen molar-refractivity contribution in [1.82, 2.24) is 14.8 Å². The fourth-order valence-electron chi connectivity index (χ4n) is 2.31. The SMILES string of the molecule is Cc1ccc(NC(=O)CSc2nnc(C)n2C(C)C)c(C)c1. The number of nitrogens with zero attached hydrogens (tertiary/aromatic N) is 3. The van der Waals surface area contributed by atoms with Crippen LogP contribution in [0.25, 0.3) is 0 Å². The lowest BCUT2D eigenvalue weighted by Crippen LogP contribution is -2.15. The van der Waals surface area contributed by atoms with Gasteiger partial charge in [-0.1, -0.05) is 29.5 Å². The fourth-order valence-corrected chi connectivity index (χ4v) is 3.23. The zero-order chi connectivity index (χ0) is 16.3. The molecule has 2 rings (SSSR count). The van der Waals surface area contributed by atoms with Gasteiger partial charge in [0.1, 0.15) is 5.82 Å². The van der Waals surface area contributed by atoms with Gasteiger partial charge >= 0.3 is 0 Å². The van der Waals surface area contributed by atoms with E-state index in [1.807, 2.05) is 37.5 Å². The lowest BCUT2D eigenvalue weighted by atomic mass is 10.1. The van der Waals surface area contributed by atoms with Crippen molar-refractivity contribution >= 4 is 23.4 Å². The second-order valence-electron chi connectivity index (χ2n) is 5.65. The summed E-state index contributed by atoms with van der Waals surface area (Å²) >= 11 is 1.41. The molecule has 0 atom stereocenters. The maximum atomic E-state index is 12.1. The smallest absolute Gasteiger partial charge is 0.234 e. The van der Waals surface area contributed by atoms with E-state index < -0.39 is 0 Å². The number of anilines is 1. The molecular weight excluding hydrogens is 296 g/mol. The van der Waals surface area contributed by atoms with Crippen molar-refractivity contribution in [2.45, 2.75) is 45.8 Å². The Kier molecular flexibility index (Phi) is 5.24. The van der Waals surface area contributed by atoms with E-state index in [4.69, 9.17) is 0 Å². The Hall–Kier alpha value is -1.82. The molecule has 2 aromatic rings. The predicted molar refractivity (Wildman–Crippen MR) is 90.4 cm³/mol. The first-order valence-corrected chi connectivity index (χ1v) is 8.28. The molecule has 1 aromatic carbocycles. The molecular formula is C16H22N4OS. The quantitative estimate of drug-likeness (QED) is 0.857. The van der Waals surface area contributed by atoms with Gasteiger partial charge in [0.25, 0.3) is 0 Å². The predicted octanol–water partition coefficient (Wildman–Crippen LogP) is 3.52. The molecule has 0 radical (unpaired) electrons. The monoisotopic (exact) mass is 318 g/mol. The number of hydrogen-bond acceptors (Lipinski definition) is 4. The minimum atomic E-state index is -0.0343. The number of carbonyl (C=O) groups excluding carboxylic acids is 1. The van der Waals surface area contributed by atoms with Crippen LogP contribution in [0.1, 0.15) is 36.8 Å². The highest BCUT2D eigenvalue weighted by Crippen LogP contribution is 2.22. The molecule has 0 spiro atoms. The Morgan fingerprint density at radius 1 is 1.27 bits per heavy atom. The van der Waals surface area contributed by atoms with Crippen LogP contribution in [0.5, 0.6) is 0 Å². The fraction of sp³-hybridized carbons (Fsp3) is 0.438. The Labute approximate surface area is 135 Å². The third kappa shape index (κ3) is 3.88. The molecule has 6 heteroatoms. The van der Waals surface area contributed by atoms with E-state index in [0.717, 1.165) is 22.2 Å². The van der Waals surface area contributed by atoms with E-state index in [1.165, 1.54) is 17.3 Å². The Morgan fingerprint density at radius 3 is 2.64 bits per heavy atom. The lowest BCUT2D eigenvalue weighted by molar-refractivity contribution is -0.113. The zero-order valence-corrected chi connectivity index (χ0v) is 14.5. The number of benzene rings is 1. The Bertz CT molecular complexity index is 679. The van der Waals surface area contributed by atoms with E-state index in [0.29, 0.717) is 5.75 Å². The van der Waals surface area contributed by atoms with Crippen molar-refractivity contribution in [2.24, 2.45) is 0 Å². The van der Waals surface area contributed by atoms with Crippen LogP contribution < -0.4 is 5.32 Å². The third-order valence-electron chi connectivity index (χ3n) is 3.34. The standard InChI is InChI=1S/C16H22N4OS/c1-10(2)20-13(5)18-19-16(20)22-9-15(21)17-14-7-6-11(3)8-12(14)4/h6-8,10H,9H2,1-5H3,(H,17,21). The molecule has 0 fully saturated rings. The summed E-state index contributed by atoms with van der Waals surface area (Å²) in [5, 5.41) is 12.0. The second-order valence-corrected chi connectivity index (χ2v) is 6.59. The highest BCUT2D eigenvalue weighted by atomic mass is 32.2. The lowest BCUT2D eigenvalue weighted by Gasteiger charge is -2.12. The van der Waals surface area contributed by atoms with E-state index >= 15 is 0 Å². The van der Waals surface area contributed by atoms with Gasteiger partial charge in [0, 0.05) is 11.7 Å². The maximum Gasteiger partial charge on any atom is 0.234 e. The molecule has 0 bridgehead atoms. The largest absolute Gasteiger partial charge is 0.325 e. The topological polar surface area (TPSA) is 59.8 Å². The van der Waals surface area contributed by atoms with Crippen LogP contribution in [0, 0.1) is 20.8 Å². The van der Waals surface area contributed by atoms with Gasteiger partial charge in [0.15, 0.2) is 5.16 Å². The Morgan fingerprint density at radius 2 is 2.00 bits per heavy atom. The van der Waals surface area contributed by atoms with Gasteiger partial charge in [0.05, 0.1) is 5.75 Å². The summed E-state index contributed by atoms with van der Waals surface area (Å²) in [7, 11) is 0. The van der Waals surface area contributed by atoms with Crippen molar-refractivity contribution in [3.05, 3.63) is 35.2 Å². The van der Waals surface area contributed by atoms with Crippen molar-refractivity contribution in [3.63, 3.8) is 0 Å². The summed E-state index contributed by atoms with van der Waals surface area (Å²) < 4.78 is 2.04. The molecule has 0 aliphatic carbocycles. The molecule has 1 heterocycles. The second kappa shape index (κ2) is 6.96. The first-order valence-electron chi connectivity index (χ1n) is 7.30. The number of aryl methyl sites for hydroxylation is 3. The van der Waals surface area contributed by atoms with E-state index in [2.05, 4.69) is 35.4 Å². The molecule has 1 N–H and O–H groups in total. The number of nitrogens with one attached hydrogen (secondary N) is 1. The number of amides is 1. The molecule has 0 saturated heterocycles. The first-order chi connectivity index (χ1) is 10.4. The number of hydrogen-bond donors (Lipinski definition) is 1. The van der Waals surface area contributed by atoms with Crippen LogP contribution >= 0.6 is 11.8 Å². The average Bonchev–Trinajstić information content (AvgIpc) is 2.81. The van der Waals surface area contributed by atoms with Gasteiger partial charge in [-0.2, -0.15) is 0 Å². The molecule has 0 saturated carbocycles. The van der Waals surface area contributed by atoms with Crippen LogP contribution in [0.15, 0.2) is 23.4 Å². The number of carbonyl (C=O) groups is 1. The van der Waals surface area contributed by atoms with Gasteiger partial charge in [0.2, 0.25) is 5.91 Å². The van der Waals surface area contributed by atoms with Crippen molar-refractivity contribution in [1.29, 1.82) is 0 Å². The van der Waals surface area contributed by atoms with Crippen LogP contribution in [0.2, 0.25) is 0 Å². The van der Waals surface area contributed by atoms with Crippen LogP contribution in [-0.4, -0.2) is 26.4 Å². The number of aromatic nitrogens is 3. The summed E-state index contributed by atoms with van der Waals surface area (Å²) in [5.74, 6) is 1.15. The molecule has 0 aliphatic heterocycles. The van der Waals surface area contributed by atoms with Crippen LogP contribution in [-0.2, 0) is 4.79 Å². The van der Waals surface area contributed by atoms with Crippen molar-refractivity contribution < 1.29 is 4.79 Å². The van der Waals surface area contributed by atoms with Gasteiger partial charge < -0.3 is 9.88 Å². The Balaban J connectivity index is 1.99. The van der Waals surface area contributed by atoms with E-state index in [1.54, 1.807) is 0 Å². The highest BCUT2D eigenvalue weighted by molar-refractivity contribution is 7.99. The third-order valence-corrected chi connectivity index (χ3v) is 4.28. The maximum absolute atomic E-state index is 12.1. The summed E-state index contributed by atoms with van der Waals surface area (Å²) in [6, 6.07) is 6.27. The van der Waals surface area contributed by atoms with Crippen LogP contribution in [0.3, 0.4) is 0 Å². The number of thioether (sulfide) groups is 1. The molecule has 22 heavy (non-hydrogen) atoms. The van der Waals surface area contributed by atoms with E-state index in [9.17, 15) is 4.79 Å². The van der Waals surface area contributed by atoms with Gasteiger partial charge in [-0.25, -0.2) is 0 Å². The molecule has 118 valence electrons.